The maximum atomic E-state index is 7.60. The van der Waals surface area contributed by atoms with E-state index in [9.17, 15) is 0 Å². The van der Waals surface area contributed by atoms with Crippen LogP contribution in [0, 0.1) is 0 Å². The molecule has 0 aliphatic heterocycles. The molecule has 0 aliphatic carbocycles. The van der Waals surface area contributed by atoms with Crippen LogP contribution >= 0.6 is 9.34 Å². The monoisotopic (exact) mass is 196 g/mol. The molecule has 0 aromatic rings. The van der Waals surface area contributed by atoms with Crippen molar-refractivity contribution < 1.29 is 6.94 Å². The van der Waals surface area contributed by atoms with Crippen molar-refractivity contribution in [1.29, 1.82) is 0 Å². The molecule has 0 atom stereocenters. The van der Waals surface area contributed by atoms with Gasteiger partial charge in [-0.25, -0.2) is 0 Å². The number of rotatable bonds is 0. The first kappa shape index (κ1) is 4.93. The minimum absolute atomic E-state index is 2.77. The van der Waals surface area contributed by atoms with Gasteiger partial charge in [0.15, 0.2) is 0 Å². The molecule has 4 heavy (non-hydrogen) atoms. The SMILES string of the molecule is O[Te](O)=S. The van der Waals surface area contributed by atoms with Gasteiger partial charge in [-0.2, -0.15) is 0 Å². The Bertz CT molecular complexity index is 29.0. The molecule has 0 radical (unpaired) electrons. The van der Waals surface area contributed by atoms with Crippen LogP contribution in [0.25, 0.3) is 0 Å². The quantitative estimate of drug-likeness (QED) is 0.493. The zero-order valence-electron chi connectivity index (χ0n) is 1.71. The number of hydrogen-bond donors (Lipinski definition) is 2. The van der Waals surface area contributed by atoms with Crippen LogP contribution in [0.4, 0.5) is 0 Å². The first-order chi connectivity index (χ1) is 1.73. The van der Waals surface area contributed by atoms with Gasteiger partial charge < -0.3 is 0 Å². The average molecular weight is 194 g/mol. The van der Waals surface area contributed by atoms with Crippen molar-refractivity contribution in [3.05, 3.63) is 0 Å². The van der Waals surface area contributed by atoms with Crippen LogP contribution in [0.1, 0.15) is 0 Å². The van der Waals surface area contributed by atoms with Crippen molar-refractivity contribution in [2.24, 2.45) is 0 Å². The topological polar surface area (TPSA) is 40.5 Å². The fourth-order valence-corrected chi connectivity index (χ4v) is 0. The van der Waals surface area contributed by atoms with E-state index >= 15 is 0 Å². The van der Waals surface area contributed by atoms with Gasteiger partial charge in [-0.1, -0.05) is 0 Å². The summed E-state index contributed by atoms with van der Waals surface area (Å²) in [6.45, 7) is 0. The Kier molecular flexibility index (Phi) is 2.69. The van der Waals surface area contributed by atoms with E-state index in [-0.39, 0.29) is 0 Å². The van der Waals surface area contributed by atoms with Crippen LogP contribution in [-0.4, -0.2) is 25.4 Å². The van der Waals surface area contributed by atoms with Crippen LogP contribution < -0.4 is 0 Å². The van der Waals surface area contributed by atoms with Gasteiger partial charge in [-0.15, -0.1) is 0 Å². The Hall–Kier alpha value is 0.930. The Balaban J connectivity index is 2.80. The first-order valence-corrected chi connectivity index (χ1v) is 5.80. The molecule has 4 heteroatoms. The molecule has 2 N–H and O–H groups in total. The minimum atomic E-state index is -2.77. The van der Waals surface area contributed by atoms with Gasteiger partial charge in [-0.3, -0.25) is 0 Å². The summed E-state index contributed by atoms with van der Waals surface area (Å²) in [5.74, 6) is 0. The second-order valence-corrected chi connectivity index (χ2v) is 3.55. The van der Waals surface area contributed by atoms with E-state index in [0.717, 1.165) is 0 Å². The van der Waals surface area contributed by atoms with Crippen LogP contribution in [0.2, 0.25) is 0 Å². The summed E-state index contributed by atoms with van der Waals surface area (Å²) in [4.78, 5) is 0. The fraction of sp³-hybridized carbons (Fsp3) is 0. The van der Waals surface area contributed by atoms with Crippen LogP contribution in [0.15, 0.2) is 0 Å². The van der Waals surface area contributed by atoms with Gasteiger partial charge in [0.05, 0.1) is 0 Å². The van der Waals surface area contributed by atoms with Crippen molar-refractivity contribution in [2.75, 3.05) is 0 Å². The second-order valence-electron chi connectivity index (χ2n) is 0.231. The molecule has 26 valence electrons. The van der Waals surface area contributed by atoms with E-state index in [4.69, 9.17) is 6.94 Å². The van der Waals surface area contributed by atoms with Crippen molar-refractivity contribution >= 4 is 27.8 Å². The molecule has 0 spiro atoms. The van der Waals surface area contributed by atoms with Gasteiger partial charge in [0.2, 0.25) is 0 Å². The van der Waals surface area contributed by atoms with E-state index in [2.05, 4.69) is 9.34 Å². The molecule has 0 bridgehead atoms. The van der Waals surface area contributed by atoms with Gasteiger partial charge in [0.1, 0.15) is 0 Å². The molecule has 0 aromatic carbocycles. The second kappa shape index (κ2) is 2.18. The summed E-state index contributed by atoms with van der Waals surface area (Å²) in [5, 5.41) is 0. The molecule has 0 aliphatic rings. The Labute approximate surface area is 35.0 Å². The average Bonchev–Trinajstić information content (AvgIpc) is 0.811. The maximum absolute atomic E-state index is 7.60. The molecule has 2 nitrogen and oxygen atoms in total. The van der Waals surface area contributed by atoms with E-state index in [1.165, 1.54) is 0 Å². The van der Waals surface area contributed by atoms with Gasteiger partial charge >= 0.3 is 34.7 Å². The molecule has 0 saturated heterocycles. The van der Waals surface area contributed by atoms with E-state index in [0.29, 0.717) is 0 Å². The summed E-state index contributed by atoms with van der Waals surface area (Å²) >= 11 is -2.77. The van der Waals surface area contributed by atoms with Crippen molar-refractivity contribution in [3.63, 3.8) is 0 Å². The summed E-state index contributed by atoms with van der Waals surface area (Å²) in [5.41, 5.74) is 0. The molecule has 0 saturated carbocycles. The molecular weight excluding hydrogens is 192 g/mol. The Morgan fingerprint density at radius 1 is 1.50 bits per heavy atom. The molecular formula is H2O2STe. The molecule has 0 fully saturated rings. The molecule has 0 aromatic heterocycles. The van der Waals surface area contributed by atoms with E-state index in [1.807, 2.05) is 0 Å². The van der Waals surface area contributed by atoms with E-state index < -0.39 is 18.4 Å². The Morgan fingerprint density at radius 3 is 1.50 bits per heavy atom. The predicted molar refractivity (Wildman–Crippen MR) is 17.8 cm³/mol. The van der Waals surface area contributed by atoms with Crippen LogP contribution in [0.5, 0.6) is 0 Å². The normalized spacial score (nSPS) is 8.75. The zero-order chi connectivity index (χ0) is 3.58. The van der Waals surface area contributed by atoms with Gasteiger partial charge in [0.25, 0.3) is 0 Å². The van der Waals surface area contributed by atoms with Gasteiger partial charge in [0, 0.05) is 0 Å². The number of hydrogen-bond acceptors (Lipinski definition) is 1. The third-order valence-electron chi connectivity index (χ3n) is 0. The summed E-state index contributed by atoms with van der Waals surface area (Å²) in [7, 11) is 3.90. The standard InChI is InChI=1S/H2O2STe/c1-4(2)3/h(H2,1,2,3). The summed E-state index contributed by atoms with van der Waals surface area (Å²) in [6, 6.07) is 0. The molecule has 0 heterocycles. The zero-order valence-corrected chi connectivity index (χ0v) is 4.86. The summed E-state index contributed by atoms with van der Waals surface area (Å²) in [6.07, 6.45) is 0. The van der Waals surface area contributed by atoms with Crippen molar-refractivity contribution in [2.45, 2.75) is 0 Å². The van der Waals surface area contributed by atoms with Crippen molar-refractivity contribution in [3.8, 4) is 0 Å². The third kappa shape index (κ3) is 12.6. The summed E-state index contributed by atoms with van der Waals surface area (Å²) < 4.78 is 15.2. The van der Waals surface area contributed by atoms with E-state index in [1.54, 1.807) is 0 Å². The molecule has 0 amide bonds. The predicted octanol–water partition coefficient (Wildman–Crippen LogP) is -0.847. The molecule has 0 unspecified atom stereocenters. The Morgan fingerprint density at radius 2 is 1.50 bits per heavy atom. The molecule has 0 rings (SSSR count). The van der Waals surface area contributed by atoms with Crippen molar-refractivity contribution in [1.82, 2.24) is 0 Å². The first-order valence-electron chi connectivity index (χ1n) is 0.532. The van der Waals surface area contributed by atoms with Crippen LogP contribution in [0.3, 0.4) is 0 Å². The third-order valence-corrected chi connectivity index (χ3v) is 0. The fourth-order valence-electron chi connectivity index (χ4n) is 0. The van der Waals surface area contributed by atoms with Crippen LogP contribution in [-0.2, 0) is 0 Å². The van der Waals surface area contributed by atoms with Gasteiger partial charge in [-0.05, 0) is 0 Å².